The van der Waals surface area contributed by atoms with Crippen LogP contribution in [-0.2, 0) is 22.4 Å². The molecule has 0 spiro atoms. The summed E-state index contributed by atoms with van der Waals surface area (Å²) in [6.45, 7) is 1.17. The van der Waals surface area contributed by atoms with Crippen LogP contribution in [0.1, 0.15) is 16.9 Å². The van der Waals surface area contributed by atoms with Gasteiger partial charge in [-0.2, -0.15) is 26.3 Å². The van der Waals surface area contributed by atoms with E-state index in [9.17, 15) is 39.2 Å². The van der Waals surface area contributed by atoms with Gasteiger partial charge in [-0.15, -0.1) is 0 Å². The number of nitrogens with two attached hydrogens (primary N) is 1. The monoisotopic (exact) mass is 468 g/mol. The zero-order chi connectivity index (χ0) is 23.4. The predicted molar refractivity (Wildman–Crippen MR) is 93.4 cm³/mol. The van der Waals surface area contributed by atoms with Gasteiger partial charge in [0.05, 0.1) is 11.1 Å². The number of sulfonamides is 1. The molecule has 0 radical (unpaired) electrons. The average Bonchev–Trinajstić information content (AvgIpc) is 3.05. The molecule has 0 aliphatic heterocycles. The summed E-state index contributed by atoms with van der Waals surface area (Å²) in [6, 6.07) is 4.62. The molecule has 0 fully saturated rings. The molecule has 0 aliphatic rings. The molecule has 0 amide bonds. The number of hydrogen-bond donors (Lipinski definition) is 1. The molecule has 0 saturated carbocycles. The van der Waals surface area contributed by atoms with Crippen molar-refractivity contribution in [3.63, 3.8) is 0 Å². The van der Waals surface area contributed by atoms with Crippen molar-refractivity contribution in [3.8, 4) is 22.4 Å². The van der Waals surface area contributed by atoms with Gasteiger partial charge in [-0.1, -0.05) is 23.4 Å². The van der Waals surface area contributed by atoms with Crippen molar-refractivity contribution in [1.82, 2.24) is 5.16 Å². The van der Waals surface area contributed by atoms with Gasteiger partial charge in [-0.05, 0) is 36.2 Å². The van der Waals surface area contributed by atoms with Crippen LogP contribution in [-0.4, -0.2) is 13.6 Å². The molecule has 2 N–H and O–H groups in total. The minimum atomic E-state index is -5.13. The highest BCUT2D eigenvalue weighted by atomic mass is 32.2. The number of alkyl halides is 6. The third kappa shape index (κ3) is 4.42. The first-order chi connectivity index (χ1) is 14.1. The van der Waals surface area contributed by atoms with Crippen molar-refractivity contribution in [1.29, 1.82) is 0 Å². The highest BCUT2D eigenvalue weighted by Crippen LogP contribution is 2.44. The van der Waals surface area contributed by atoms with Crippen molar-refractivity contribution in [3.05, 3.63) is 59.1 Å². The van der Waals surface area contributed by atoms with E-state index in [1.54, 1.807) is 0 Å². The van der Waals surface area contributed by atoms with E-state index in [0.29, 0.717) is 18.2 Å². The fourth-order valence-corrected chi connectivity index (χ4v) is 3.50. The largest absolute Gasteiger partial charge is 0.453 e. The smallest absolute Gasteiger partial charge is 0.350 e. The number of primary sulfonamides is 1. The molecule has 0 unspecified atom stereocenters. The van der Waals surface area contributed by atoms with Gasteiger partial charge in [-0.3, -0.25) is 0 Å². The average molecular weight is 468 g/mol. The highest BCUT2D eigenvalue weighted by Gasteiger charge is 2.41. The van der Waals surface area contributed by atoms with Crippen LogP contribution in [0.5, 0.6) is 0 Å². The molecule has 166 valence electrons. The van der Waals surface area contributed by atoms with Crippen LogP contribution in [0.3, 0.4) is 0 Å². The Morgan fingerprint density at radius 1 is 0.935 bits per heavy atom. The first kappa shape index (κ1) is 22.7. The second-order valence-corrected chi connectivity index (χ2v) is 7.98. The number of aromatic nitrogens is 1. The SMILES string of the molecule is Cc1ccc(-c2noc(C(F)(F)F)c2-c2ccc(S(N)(=O)=O)c(F)c2)cc1C(F)(F)F. The van der Waals surface area contributed by atoms with Crippen LogP contribution in [0.15, 0.2) is 45.8 Å². The lowest BCUT2D eigenvalue weighted by molar-refractivity contribution is -0.155. The van der Waals surface area contributed by atoms with E-state index in [0.717, 1.165) is 18.2 Å². The van der Waals surface area contributed by atoms with Crippen LogP contribution >= 0.6 is 0 Å². The maximum Gasteiger partial charge on any atom is 0.453 e. The summed E-state index contributed by atoms with van der Waals surface area (Å²) in [5.41, 5.74) is -3.68. The maximum absolute atomic E-state index is 14.2. The third-order valence-electron chi connectivity index (χ3n) is 4.29. The molecule has 2 aromatic carbocycles. The number of nitrogens with zero attached hydrogens (tertiary/aromatic N) is 1. The Balaban J connectivity index is 2.30. The second-order valence-electron chi connectivity index (χ2n) is 6.45. The van der Waals surface area contributed by atoms with Crippen LogP contribution in [0.4, 0.5) is 30.7 Å². The molecular weight excluding hydrogens is 457 g/mol. The Hall–Kier alpha value is -2.93. The van der Waals surface area contributed by atoms with Gasteiger partial charge in [0.25, 0.3) is 0 Å². The van der Waals surface area contributed by atoms with Crippen molar-refractivity contribution >= 4 is 10.0 Å². The summed E-state index contributed by atoms with van der Waals surface area (Å²) in [5.74, 6) is -3.15. The van der Waals surface area contributed by atoms with E-state index in [4.69, 9.17) is 5.14 Å². The van der Waals surface area contributed by atoms with Crippen LogP contribution in [0.2, 0.25) is 0 Å². The van der Waals surface area contributed by atoms with E-state index >= 15 is 0 Å². The van der Waals surface area contributed by atoms with E-state index in [-0.39, 0.29) is 11.1 Å². The summed E-state index contributed by atoms with van der Waals surface area (Å²) in [6.07, 6.45) is -9.92. The van der Waals surface area contributed by atoms with E-state index in [2.05, 4.69) is 9.68 Å². The molecule has 31 heavy (non-hydrogen) atoms. The molecule has 0 saturated heterocycles. The first-order valence-electron chi connectivity index (χ1n) is 8.18. The summed E-state index contributed by atoms with van der Waals surface area (Å²) in [5, 5.41) is 8.09. The van der Waals surface area contributed by atoms with E-state index < -0.39 is 61.2 Å². The van der Waals surface area contributed by atoms with Crippen molar-refractivity contribution in [2.24, 2.45) is 5.14 Å². The lowest BCUT2D eigenvalue weighted by Gasteiger charge is -2.12. The first-order valence-corrected chi connectivity index (χ1v) is 9.73. The Kier molecular flexibility index (Phi) is 5.39. The van der Waals surface area contributed by atoms with Crippen LogP contribution in [0.25, 0.3) is 22.4 Å². The van der Waals surface area contributed by atoms with Gasteiger partial charge in [0, 0.05) is 5.56 Å². The molecule has 3 rings (SSSR count). The molecule has 0 aliphatic carbocycles. The van der Waals surface area contributed by atoms with Crippen molar-refractivity contribution in [2.75, 3.05) is 0 Å². The zero-order valence-electron chi connectivity index (χ0n) is 15.3. The van der Waals surface area contributed by atoms with Crippen LogP contribution < -0.4 is 5.14 Å². The van der Waals surface area contributed by atoms with E-state index in [1.807, 2.05) is 0 Å². The van der Waals surface area contributed by atoms with Gasteiger partial charge in [0.15, 0.2) is 0 Å². The minimum Gasteiger partial charge on any atom is -0.350 e. The Morgan fingerprint density at radius 2 is 1.55 bits per heavy atom. The second kappa shape index (κ2) is 7.34. The van der Waals surface area contributed by atoms with Gasteiger partial charge in [0.2, 0.25) is 15.8 Å². The predicted octanol–water partition coefficient (Wildman–Crippen LogP) is 5.14. The van der Waals surface area contributed by atoms with Gasteiger partial charge in [-0.25, -0.2) is 17.9 Å². The number of hydrogen-bond acceptors (Lipinski definition) is 4. The number of halogens is 7. The van der Waals surface area contributed by atoms with Gasteiger partial charge >= 0.3 is 12.4 Å². The van der Waals surface area contributed by atoms with Gasteiger partial charge in [0.1, 0.15) is 16.4 Å². The fourth-order valence-electron chi connectivity index (χ4n) is 2.91. The molecule has 13 heteroatoms. The van der Waals surface area contributed by atoms with Crippen molar-refractivity contribution < 1.29 is 43.7 Å². The fraction of sp³-hybridized carbons (Fsp3) is 0.167. The Labute approximate surface area is 170 Å². The molecule has 1 heterocycles. The van der Waals surface area contributed by atoms with E-state index in [1.165, 1.54) is 6.92 Å². The highest BCUT2D eigenvalue weighted by molar-refractivity contribution is 7.89. The maximum atomic E-state index is 14.2. The summed E-state index contributed by atoms with van der Waals surface area (Å²) in [7, 11) is -4.51. The van der Waals surface area contributed by atoms with Crippen molar-refractivity contribution in [2.45, 2.75) is 24.2 Å². The molecule has 1 aromatic heterocycles. The molecule has 0 bridgehead atoms. The molecule has 0 atom stereocenters. The normalized spacial score (nSPS) is 12.9. The molecular formula is C18H11F7N2O3S. The summed E-state index contributed by atoms with van der Waals surface area (Å²) >= 11 is 0. The topological polar surface area (TPSA) is 86.2 Å². The molecule has 5 nitrogen and oxygen atoms in total. The standard InChI is InChI=1S/C18H11F7N2O3S/c1-8-2-3-10(6-11(8)17(20,21)22)15-14(16(30-27-15)18(23,24)25)9-4-5-13(12(19)7-9)31(26,28)29/h2-7H,1H3,(H2,26,28,29). The number of benzene rings is 2. The van der Waals surface area contributed by atoms with Gasteiger partial charge < -0.3 is 4.52 Å². The zero-order valence-corrected chi connectivity index (χ0v) is 16.1. The number of aryl methyl sites for hydroxylation is 1. The Morgan fingerprint density at radius 3 is 2.06 bits per heavy atom. The minimum absolute atomic E-state index is 0.180. The summed E-state index contributed by atoms with van der Waals surface area (Å²) in [4.78, 5) is -0.975. The summed E-state index contributed by atoms with van der Waals surface area (Å²) < 4.78 is 121. The number of rotatable bonds is 3. The Bertz CT molecular complexity index is 1260. The third-order valence-corrected chi connectivity index (χ3v) is 5.24. The van der Waals surface area contributed by atoms with Crippen LogP contribution in [0, 0.1) is 12.7 Å². The quantitative estimate of drug-likeness (QED) is 0.540. The lowest BCUT2D eigenvalue weighted by atomic mass is 9.96. The lowest BCUT2D eigenvalue weighted by Crippen LogP contribution is -2.14. The molecule has 3 aromatic rings.